The Morgan fingerprint density at radius 1 is 1.52 bits per heavy atom. The number of ether oxygens (including phenoxy) is 1. The summed E-state index contributed by atoms with van der Waals surface area (Å²) < 4.78 is 4.98. The first-order valence-corrected chi connectivity index (χ1v) is 6.35. The van der Waals surface area contributed by atoms with E-state index in [0.29, 0.717) is 5.56 Å². The van der Waals surface area contributed by atoms with Crippen molar-refractivity contribution in [3.05, 3.63) is 33.9 Å². The molecule has 116 valence electrons. The molecule has 0 bridgehead atoms. The Morgan fingerprint density at radius 2 is 2.24 bits per heavy atom. The third-order valence-electron chi connectivity index (χ3n) is 3.53. The number of methoxy groups -OCH3 is 1. The Kier molecular flexibility index (Phi) is 5.92. The number of amides is 1. The topological polar surface area (TPSA) is 84.7 Å². The maximum Gasteiger partial charge on any atom is 0.310 e. The molecule has 2 rings (SSSR count). The van der Waals surface area contributed by atoms with Crippen molar-refractivity contribution in [2.45, 2.75) is 12.5 Å². The summed E-state index contributed by atoms with van der Waals surface area (Å²) in [6, 6.07) is 4.33. The SMILES string of the molecule is COc1cc(C(=O)N(C)C2CCNC2)ccc1[N+](=O)[O-].Cl. The van der Waals surface area contributed by atoms with Gasteiger partial charge in [-0.2, -0.15) is 0 Å². The van der Waals surface area contributed by atoms with Crippen LogP contribution in [0.1, 0.15) is 16.8 Å². The summed E-state index contributed by atoms with van der Waals surface area (Å²) in [6.07, 6.45) is 0.909. The summed E-state index contributed by atoms with van der Waals surface area (Å²) in [5.41, 5.74) is 0.246. The number of benzene rings is 1. The van der Waals surface area contributed by atoms with Gasteiger partial charge in [0, 0.05) is 37.3 Å². The number of halogens is 1. The van der Waals surface area contributed by atoms with E-state index in [-0.39, 0.29) is 35.8 Å². The van der Waals surface area contributed by atoms with Gasteiger partial charge in [0.05, 0.1) is 12.0 Å². The van der Waals surface area contributed by atoms with Crippen molar-refractivity contribution >= 4 is 24.0 Å². The Bertz CT molecular complexity index is 532. The standard InChI is InChI=1S/C13H17N3O4.ClH/c1-15(10-5-6-14-8-10)13(17)9-3-4-11(16(18)19)12(7-9)20-2;/h3-4,7,10,14H,5-6,8H2,1-2H3;1H. The number of nitro benzene ring substituents is 1. The van der Waals surface area contributed by atoms with Crippen LogP contribution in [0.3, 0.4) is 0 Å². The fraction of sp³-hybridized carbons (Fsp3) is 0.462. The first-order valence-electron chi connectivity index (χ1n) is 6.35. The average molecular weight is 316 g/mol. The Labute approximate surface area is 128 Å². The lowest BCUT2D eigenvalue weighted by atomic mass is 10.1. The molecule has 0 aliphatic carbocycles. The quantitative estimate of drug-likeness (QED) is 0.671. The van der Waals surface area contributed by atoms with Gasteiger partial charge in [-0.25, -0.2) is 0 Å². The largest absolute Gasteiger partial charge is 0.490 e. The van der Waals surface area contributed by atoms with Crippen LogP contribution >= 0.6 is 12.4 Å². The van der Waals surface area contributed by atoms with Crippen LogP contribution in [0.5, 0.6) is 5.75 Å². The van der Waals surface area contributed by atoms with Gasteiger partial charge < -0.3 is 15.0 Å². The van der Waals surface area contributed by atoms with Gasteiger partial charge in [-0.15, -0.1) is 12.4 Å². The molecular weight excluding hydrogens is 298 g/mol. The number of nitrogens with one attached hydrogen (secondary N) is 1. The van der Waals surface area contributed by atoms with Crippen molar-refractivity contribution in [1.82, 2.24) is 10.2 Å². The Balaban J connectivity index is 0.00000220. The van der Waals surface area contributed by atoms with Crippen molar-refractivity contribution in [2.24, 2.45) is 0 Å². The van der Waals surface area contributed by atoms with E-state index in [0.717, 1.165) is 19.5 Å². The normalized spacial score (nSPS) is 17.0. The molecule has 0 radical (unpaired) electrons. The lowest BCUT2D eigenvalue weighted by Crippen LogP contribution is -2.38. The van der Waals surface area contributed by atoms with Gasteiger partial charge >= 0.3 is 5.69 Å². The fourth-order valence-corrected chi connectivity index (χ4v) is 2.30. The maximum absolute atomic E-state index is 12.4. The third-order valence-corrected chi connectivity index (χ3v) is 3.53. The predicted molar refractivity (Wildman–Crippen MR) is 80.3 cm³/mol. The van der Waals surface area contributed by atoms with Gasteiger partial charge in [-0.1, -0.05) is 0 Å². The molecule has 1 saturated heterocycles. The smallest absolute Gasteiger partial charge is 0.310 e. The van der Waals surface area contributed by atoms with Crippen molar-refractivity contribution in [1.29, 1.82) is 0 Å². The van der Waals surface area contributed by atoms with Gasteiger partial charge in [-0.05, 0) is 19.0 Å². The van der Waals surface area contributed by atoms with Crippen LogP contribution in [-0.4, -0.2) is 49.0 Å². The number of carbonyl (C=O) groups excluding carboxylic acids is 1. The number of hydrogen-bond donors (Lipinski definition) is 1. The van der Waals surface area contributed by atoms with E-state index in [9.17, 15) is 14.9 Å². The highest BCUT2D eigenvalue weighted by Gasteiger charge is 2.25. The molecule has 1 atom stereocenters. The molecule has 0 aromatic heterocycles. The molecule has 1 heterocycles. The molecule has 8 heteroatoms. The van der Waals surface area contributed by atoms with Gasteiger partial charge in [-0.3, -0.25) is 14.9 Å². The van der Waals surface area contributed by atoms with Crippen LogP contribution in [0.25, 0.3) is 0 Å². The Hall–Kier alpha value is -1.86. The van der Waals surface area contributed by atoms with Crippen LogP contribution in [0.2, 0.25) is 0 Å². The lowest BCUT2D eigenvalue weighted by molar-refractivity contribution is -0.385. The zero-order valence-corrected chi connectivity index (χ0v) is 12.7. The number of nitro groups is 1. The minimum atomic E-state index is -0.530. The molecule has 7 nitrogen and oxygen atoms in total. The van der Waals surface area contributed by atoms with Crippen LogP contribution in [0, 0.1) is 10.1 Å². The molecule has 21 heavy (non-hydrogen) atoms. The van der Waals surface area contributed by atoms with Gasteiger partial charge in [0.25, 0.3) is 5.91 Å². The molecule has 0 saturated carbocycles. The van der Waals surface area contributed by atoms with Crippen molar-refractivity contribution in [3.63, 3.8) is 0 Å². The summed E-state index contributed by atoms with van der Waals surface area (Å²) in [5, 5.41) is 14.0. The third kappa shape index (κ3) is 3.62. The summed E-state index contributed by atoms with van der Waals surface area (Å²) in [6.45, 7) is 1.66. The number of likely N-dealkylation sites (N-methyl/N-ethyl adjacent to an activating group) is 1. The van der Waals surface area contributed by atoms with Gasteiger partial charge in [0.15, 0.2) is 5.75 Å². The predicted octanol–water partition coefficient (Wildman–Crippen LogP) is 1.46. The molecule has 1 amide bonds. The molecule has 1 N–H and O–H groups in total. The highest BCUT2D eigenvalue weighted by Crippen LogP contribution is 2.28. The van der Waals surface area contributed by atoms with Gasteiger partial charge in [0.1, 0.15) is 0 Å². The first-order chi connectivity index (χ1) is 9.54. The number of hydrogen-bond acceptors (Lipinski definition) is 5. The van der Waals surface area contributed by atoms with Crippen molar-refractivity contribution in [3.8, 4) is 5.75 Å². The van der Waals surface area contributed by atoms with Crippen LogP contribution in [0.15, 0.2) is 18.2 Å². The minimum Gasteiger partial charge on any atom is -0.490 e. The average Bonchev–Trinajstić information content (AvgIpc) is 2.99. The second-order valence-electron chi connectivity index (χ2n) is 4.71. The molecule has 1 aliphatic rings. The summed E-state index contributed by atoms with van der Waals surface area (Å²) >= 11 is 0. The zero-order valence-electron chi connectivity index (χ0n) is 11.9. The molecule has 1 aromatic rings. The lowest BCUT2D eigenvalue weighted by Gasteiger charge is -2.23. The summed E-state index contributed by atoms with van der Waals surface area (Å²) in [4.78, 5) is 24.3. The van der Waals surface area contributed by atoms with E-state index in [1.807, 2.05) is 0 Å². The number of nitrogens with zero attached hydrogens (tertiary/aromatic N) is 2. The van der Waals surface area contributed by atoms with Crippen LogP contribution in [0.4, 0.5) is 5.69 Å². The van der Waals surface area contributed by atoms with E-state index >= 15 is 0 Å². The summed E-state index contributed by atoms with van der Waals surface area (Å²) in [7, 11) is 3.09. The molecule has 1 fully saturated rings. The molecule has 1 aliphatic heterocycles. The van der Waals surface area contributed by atoms with Crippen molar-refractivity contribution in [2.75, 3.05) is 27.2 Å². The van der Waals surface area contributed by atoms with Crippen molar-refractivity contribution < 1.29 is 14.5 Å². The van der Waals surface area contributed by atoms with E-state index in [2.05, 4.69) is 5.32 Å². The second kappa shape index (κ2) is 7.24. The first kappa shape index (κ1) is 17.2. The Morgan fingerprint density at radius 3 is 2.76 bits per heavy atom. The fourth-order valence-electron chi connectivity index (χ4n) is 2.30. The molecule has 0 spiro atoms. The van der Waals surface area contributed by atoms with Crippen LogP contribution in [-0.2, 0) is 0 Å². The van der Waals surface area contributed by atoms with E-state index in [4.69, 9.17) is 4.74 Å². The number of carbonyl (C=O) groups is 1. The van der Waals surface area contributed by atoms with E-state index in [1.165, 1.54) is 25.3 Å². The van der Waals surface area contributed by atoms with E-state index < -0.39 is 4.92 Å². The zero-order chi connectivity index (χ0) is 14.7. The monoisotopic (exact) mass is 315 g/mol. The minimum absolute atomic E-state index is 0. The highest BCUT2D eigenvalue weighted by molar-refractivity contribution is 5.95. The second-order valence-corrected chi connectivity index (χ2v) is 4.71. The maximum atomic E-state index is 12.4. The number of rotatable bonds is 4. The molecular formula is C13H18ClN3O4. The van der Waals surface area contributed by atoms with Gasteiger partial charge in [0.2, 0.25) is 0 Å². The highest BCUT2D eigenvalue weighted by atomic mass is 35.5. The summed E-state index contributed by atoms with van der Waals surface area (Å²) in [5.74, 6) is -0.0642. The molecule has 1 aromatic carbocycles. The van der Waals surface area contributed by atoms with Crippen LogP contribution < -0.4 is 10.1 Å². The molecule has 1 unspecified atom stereocenters. The van der Waals surface area contributed by atoms with E-state index in [1.54, 1.807) is 11.9 Å².